The van der Waals surface area contributed by atoms with Crippen molar-refractivity contribution in [2.75, 3.05) is 6.54 Å². The Morgan fingerprint density at radius 2 is 1.90 bits per heavy atom. The zero-order chi connectivity index (χ0) is 23.2. The van der Waals surface area contributed by atoms with Gasteiger partial charge in [0.05, 0.1) is 6.42 Å². The molecule has 2 amide bonds. The molecule has 0 atom stereocenters. The summed E-state index contributed by atoms with van der Waals surface area (Å²) in [5.74, 6) is -0.273. The predicted molar refractivity (Wildman–Crippen MR) is 121 cm³/mol. The van der Waals surface area contributed by atoms with E-state index in [0.717, 1.165) is 16.7 Å². The Labute approximate surface area is 187 Å². The van der Waals surface area contributed by atoms with Gasteiger partial charge in [-0.3, -0.25) is 9.59 Å². The number of carbonyl (C=O) groups excluding carboxylic acids is 2. The van der Waals surface area contributed by atoms with E-state index in [1.165, 1.54) is 0 Å². The lowest BCUT2D eigenvalue weighted by Gasteiger charge is -2.27. The van der Waals surface area contributed by atoms with Crippen molar-refractivity contribution < 1.29 is 14.3 Å². The molecule has 0 unspecified atom stereocenters. The van der Waals surface area contributed by atoms with Gasteiger partial charge >= 0.3 is 6.09 Å². The number of aromatic nitrogens is 1. The van der Waals surface area contributed by atoms with Crippen LogP contribution in [0.3, 0.4) is 0 Å². The van der Waals surface area contributed by atoms with Gasteiger partial charge < -0.3 is 19.9 Å². The molecule has 0 aliphatic carbocycles. The Kier molecular flexibility index (Phi) is 8.28. The van der Waals surface area contributed by atoms with Gasteiger partial charge in [0.1, 0.15) is 5.60 Å². The van der Waals surface area contributed by atoms with Crippen molar-refractivity contribution in [2.24, 2.45) is 0 Å². The zero-order valence-corrected chi connectivity index (χ0v) is 19.4. The summed E-state index contributed by atoms with van der Waals surface area (Å²) in [7, 11) is 0. The molecule has 0 bridgehead atoms. The van der Waals surface area contributed by atoms with Crippen LogP contribution < -0.4 is 10.9 Å². The number of pyridine rings is 1. The Morgan fingerprint density at radius 3 is 2.52 bits per heavy atom. The first-order valence-corrected chi connectivity index (χ1v) is 10.6. The van der Waals surface area contributed by atoms with Gasteiger partial charge in [-0.25, -0.2) is 4.79 Å². The number of ether oxygens (including phenoxy) is 1. The molecule has 0 saturated carbocycles. The number of nitrogens with one attached hydrogen (secondary N) is 2. The van der Waals surface area contributed by atoms with E-state index in [2.05, 4.69) is 10.3 Å². The molecule has 2 aromatic rings. The highest BCUT2D eigenvalue weighted by atomic mass is 35.5. The first kappa shape index (κ1) is 24.5. The fourth-order valence-electron chi connectivity index (χ4n) is 3.00. The fraction of sp³-hybridized carbons (Fsp3) is 0.435. The number of aromatic amines is 1. The molecule has 0 aliphatic heterocycles. The maximum Gasteiger partial charge on any atom is 0.410 e. The number of nitrogens with zero attached hydrogens (tertiary/aromatic N) is 1. The molecule has 0 spiro atoms. The van der Waals surface area contributed by atoms with E-state index >= 15 is 0 Å². The van der Waals surface area contributed by atoms with Gasteiger partial charge in [0.2, 0.25) is 5.91 Å². The maximum absolute atomic E-state index is 12.5. The van der Waals surface area contributed by atoms with Crippen LogP contribution in [0.25, 0.3) is 0 Å². The van der Waals surface area contributed by atoms with Gasteiger partial charge in [-0.05, 0) is 69.5 Å². The molecule has 1 heterocycles. The van der Waals surface area contributed by atoms with Crippen molar-refractivity contribution in [1.29, 1.82) is 0 Å². The van der Waals surface area contributed by atoms with Crippen LogP contribution in [0.2, 0.25) is 5.02 Å². The number of carbonyl (C=O) groups is 2. The van der Waals surface area contributed by atoms with Crippen molar-refractivity contribution in [1.82, 2.24) is 15.2 Å². The molecule has 7 nitrogen and oxygen atoms in total. The van der Waals surface area contributed by atoms with Crippen LogP contribution in [0.4, 0.5) is 4.79 Å². The molecule has 0 aliphatic rings. The Balaban J connectivity index is 2.11. The summed E-state index contributed by atoms with van der Waals surface area (Å²) in [6.07, 6.45) is 1.14. The van der Waals surface area contributed by atoms with Crippen molar-refractivity contribution in [3.63, 3.8) is 0 Å². The Morgan fingerprint density at radius 1 is 1.19 bits per heavy atom. The first-order valence-electron chi connectivity index (χ1n) is 10.2. The molecule has 2 N–H and O–H groups in total. The summed E-state index contributed by atoms with van der Waals surface area (Å²) < 4.78 is 5.47. The molecule has 168 valence electrons. The molecular weight excluding hydrogens is 418 g/mol. The minimum absolute atomic E-state index is 0.0170. The largest absolute Gasteiger partial charge is 0.444 e. The molecule has 8 heteroatoms. The molecule has 1 aromatic heterocycles. The smallest absolute Gasteiger partial charge is 0.410 e. The van der Waals surface area contributed by atoms with Gasteiger partial charge in [-0.2, -0.15) is 0 Å². The second kappa shape index (κ2) is 10.5. The molecule has 2 rings (SSSR count). The summed E-state index contributed by atoms with van der Waals surface area (Å²) >= 11 is 6.16. The lowest BCUT2D eigenvalue weighted by Crippen LogP contribution is -2.36. The van der Waals surface area contributed by atoms with Crippen LogP contribution in [0.15, 0.2) is 35.3 Å². The lowest BCUT2D eigenvalue weighted by molar-refractivity contribution is -0.120. The van der Waals surface area contributed by atoms with Crippen molar-refractivity contribution in [2.45, 2.75) is 59.7 Å². The van der Waals surface area contributed by atoms with E-state index in [1.54, 1.807) is 36.2 Å². The quantitative estimate of drug-likeness (QED) is 0.672. The topological polar surface area (TPSA) is 91.5 Å². The molecule has 0 radical (unpaired) electrons. The number of H-pyrrole nitrogens is 1. The van der Waals surface area contributed by atoms with Crippen molar-refractivity contribution >= 4 is 23.6 Å². The monoisotopic (exact) mass is 447 g/mol. The standard InChI is InChI=1S/C23H30ClN3O4/c1-6-27(22(30)31-23(3,4)5)14-16-7-8-18(24)11-17(16)13-26-20(28)12-19-15(2)9-10-25-21(19)29/h7-11H,6,12-14H2,1-5H3,(H,25,29)(H,26,28). The van der Waals surface area contributed by atoms with E-state index in [0.29, 0.717) is 23.7 Å². The summed E-state index contributed by atoms with van der Waals surface area (Å²) in [5.41, 5.74) is 1.99. The number of rotatable bonds is 7. The Bertz CT molecular complexity index is 995. The summed E-state index contributed by atoms with van der Waals surface area (Å²) in [4.78, 5) is 41.1. The fourth-order valence-corrected chi connectivity index (χ4v) is 3.19. The third-order valence-corrected chi connectivity index (χ3v) is 4.91. The average molecular weight is 448 g/mol. The average Bonchev–Trinajstić information content (AvgIpc) is 2.67. The van der Waals surface area contributed by atoms with E-state index < -0.39 is 11.7 Å². The SMILES string of the molecule is CCN(Cc1ccc(Cl)cc1CNC(=O)Cc1c(C)cc[nH]c1=O)C(=O)OC(C)(C)C. The van der Waals surface area contributed by atoms with Gasteiger partial charge in [0.25, 0.3) is 5.56 Å². The summed E-state index contributed by atoms with van der Waals surface area (Å²) in [5, 5.41) is 3.37. The molecule has 0 fully saturated rings. The van der Waals surface area contributed by atoms with Crippen molar-refractivity contribution in [3.8, 4) is 0 Å². The summed E-state index contributed by atoms with van der Waals surface area (Å²) in [6.45, 7) is 10.2. The highest BCUT2D eigenvalue weighted by molar-refractivity contribution is 6.30. The highest BCUT2D eigenvalue weighted by Crippen LogP contribution is 2.19. The number of benzene rings is 1. The van der Waals surface area contributed by atoms with Gasteiger partial charge in [0, 0.05) is 36.4 Å². The van der Waals surface area contributed by atoms with E-state index in [9.17, 15) is 14.4 Å². The van der Waals surface area contributed by atoms with Gasteiger partial charge in [0.15, 0.2) is 0 Å². The third kappa shape index (κ3) is 7.43. The van der Waals surface area contributed by atoms with Gasteiger partial charge in [-0.1, -0.05) is 17.7 Å². The minimum atomic E-state index is -0.589. The zero-order valence-electron chi connectivity index (χ0n) is 18.7. The lowest BCUT2D eigenvalue weighted by atomic mass is 10.1. The Hall–Kier alpha value is -2.80. The highest BCUT2D eigenvalue weighted by Gasteiger charge is 2.22. The summed E-state index contributed by atoms with van der Waals surface area (Å²) in [6, 6.07) is 7.11. The molecule has 0 saturated heterocycles. The second-order valence-electron chi connectivity index (χ2n) is 8.33. The van der Waals surface area contributed by atoms with Crippen LogP contribution >= 0.6 is 11.6 Å². The number of amides is 2. The maximum atomic E-state index is 12.5. The third-order valence-electron chi connectivity index (χ3n) is 4.67. The van der Waals surface area contributed by atoms with Crippen LogP contribution in [-0.4, -0.2) is 34.0 Å². The van der Waals surface area contributed by atoms with Gasteiger partial charge in [-0.15, -0.1) is 0 Å². The number of hydrogen-bond acceptors (Lipinski definition) is 4. The van der Waals surface area contributed by atoms with E-state index in [4.69, 9.17) is 16.3 Å². The predicted octanol–water partition coefficient (Wildman–Crippen LogP) is 3.95. The second-order valence-corrected chi connectivity index (χ2v) is 8.77. The van der Waals surface area contributed by atoms with Crippen molar-refractivity contribution in [3.05, 3.63) is 68.1 Å². The molecule has 31 heavy (non-hydrogen) atoms. The minimum Gasteiger partial charge on any atom is -0.444 e. The number of halogens is 1. The van der Waals surface area contributed by atoms with E-state index in [-0.39, 0.29) is 24.4 Å². The first-order chi connectivity index (χ1) is 14.5. The number of aryl methyl sites for hydroxylation is 1. The normalized spacial score (nSPS) is 11.2. The molecular formula is C23H30ClN3O4. The van der Waals surface area contributed by atoms with Crippen LogP contribution in [0, 0.1) is 6.92 Å². The number of hydrogen-bond donors (Lipinski definition) is 2. The van der Waals surface area contributed by atoms with Crippen LogP contribution in [-0.2, 0) is 29.0 Å². The van der Waals surface area contributed by atoms with Crippen LogP contribution in [0.5, 0.6) is 0 Å². The molecule has 1 aromatic carbocycles. The van der Waals surface area contributed by atoms with Crippen LogP contribution in [0.1, 0.15) is 49.9 Å². The van der Waals surface area contributed by atoms with E-state index in [1.807, 2.05) is 33.8 Å².